The monoisotopic (exact) mass is 474 g/mol. The Kier molecular flexibility index (Phi) is 9.34. The molecule has 3 aromatic rings. The molecule has 0 radical (unpaired) electrons. The average Bonchev–Trinajstić information content (AvgIpc) is 2.82. The second kappa shape index (κ2) is 12.4. The lowest BCUT2D eigenvalue weighted by Gasteiger charge is -2.32. The van der Waals surface area contributed by atoms with Gasteiger partial charge in [-0.3, -0.25) is 9.59 Å². The van der Waals surface area contributed by atoms with E-state index in [0.29, 0.717) is 13.0 Å². The van der Waals surface area contributed by atoms with Crippen LogP contribution in [0.5, 0.6) is 0 Å². The molecule has 178 valence electrons. The summed E-state index contributed by atoms with van der Waals surface area (Å²) in [4.78, 5) is 29.7. The summed E-state index contributed by atoms with van der Waals surface area (Å²) >= 11 is 1.50. The standard InChI is InChI=1S/C29H34N2O2S/c1-21(2)30-29(33)27(18-24-8-6-5-7-9-24)31(19-25-14-10-22(3)11-15-25)28(32)20-34-26-16-12-23(4)13-17-26/h5-17,21,27H,18-20H2,1-4H3,(H,30,33). The second-order valence-electron chi connectivity index (χ2n) is 8.98. The molecule has 3 rings (SSSR count). The lowest BCUT2D eigenvalue weighted by Crippen LogP contribution is -2.52. The van der Waals surface area contributed by atoms with Gasteiger partial charge in [0.2, 0.25) is 11.8 Å². The predicted octanol–water partition coefficient (Wildman–Crippen LogP) is 5.56. The molecule has 5 heteroatoms. The van der Waals surface area contributed by atoms with E-state index in [-0.39, 0.29) is 23.6 Å². The number of nitrogens with zero attached hydrogens (tertiary/aromatic N) is 1. The Morgan fingerprint density at radius 2 is 1.41 bits per heavy atom. The molecule has 0 aromatic heterocycles. The molecule has 0 aliphatic heterocycles. The maximum atomic E-state index is 13.6. The van der Waals surface area contributed by atoms with Crippen molar-refractivity contribution in [2.45, 2.75) is 57.6 Å². The highest BCUT2D eigenvalue weighted by Gasteiger charge is 2.30. The van der Waals surface area contributed by atoms with Gasteiger partial charge in [-0.15, -0.1) is 11.8 Å². The van der Waals surface area contributed by atoms with Gasteiger partial charge in [-0.25, -0.2) is 0 Å². The first-order valence-electron chi connectivity index (χ1n) is 11.7. The molecular formula is C29H34N2O2S. The summed E-state index contributed by atoms with van der Waals surface area (Å²) in [5.41, 5.74) is 4.38. The van der Waals surface area contributed by atoms with E-state index in [1.807, 2.05) is 107 Å². The average molecular weight is 475 g/mol. The summed E-state index contributed by atoms with van der Waals surface area (Å²) in [6, 6.07) is 25.6. The molecule has 0 saturated heterocycles. The van der Waals surface area contributed by atoms with Gasteiger partial charge >= 0.3 is 0 Å². The Morgan fingerprint density at radius 1 is 0.824 bits per heavy atom. The van der Waals surface area contributed by atoms with Crippen molar-refractivity contribution in [2.24, 2.45) is 0 Å². The molecule has 34 heavy (non-hydrogen) atoms. The SMILES string of the molecule is Cc1ccc(CN(C(=O)CSc2ccc(C)cc2)C(Cc2ccccc2)C(=O)NC(C)C)cc1. The molecule has 0 heterocycles. The minimum atomic E-state index is -0.600. The van der Waals surface area contributed by atoms with Crippen molar-refractivity contribution in [1.82, 2.24) is 10.2 Å². The van der Waals surface area contributed by atoms with Crippen LogP contribution in [0.3, 0.4) is 0 Å². The summed E-state index contributed by atoms with van der Waals surface area (Å²) in [5.74, 6) is 0.0977. The van der Waals surface area contributed by atoms with Gasteiger partial charge in [0, 0.05) is 23.9 Å². The first kappa shape index (κ1) is 25.6. The first-order chi connectivity index (χ1) is 16.3. The summed E-state index contributed by atoms with van der Waals surface area (Å²) in [7, 11) is 0. The van der Waals surface area contributed by atoms with Crippen molar-refractivity contribution in [3.63, 3.8) is 0 Å². The van der Waals surface area contributed by atoms with Crippen molar-refractivity contribution in [1.29, 1.82) is 0 Å². The maximum absolute atomic E-state index is 13.6. The maximum Gasteiger partial charge on any atom is 0.243 e. The fraction of sp³-hybridized carbons (Fsp3) is 0.310. The van der Waals surface area contributed by atoms with Gasteiger partial charge in [0.1, 0.15) is 6.04 Å². The fourth-order valence-electron chi connectivity index (χ4n) is 3.69. The van der Waals surface area contributed by atoms with Crippen molar-refractivity contribution in [3.8, 4) is 0 Å². The largest absolute Gasteiger partial charge is 0.352 e. The third kappa shape index (κ3) is 7.77. The van der Waals surface area contributed by atoms with E-state index in [1.165, 1.54) is 17.3 Å². The van der Waals surface area contributed by atoms with Crippen LogP contribution in [0.4, 0.5) is 0 Å². The molecule has 0 fully saturated rings. The highest BCUT2D eigenvalue weighted by atomic mass is 32.2. The fourth-order valence-corrected chi connectivity index (χ4v) is 4.47. The third-order valence-electron chi connectivity index (χ3n) is 5.56. The number of nitrogens with one attached hydrogen (secondary N) is 1. The molecule has 0 aliphatic rings. The lowest BCUT2D eigenvalue weighted by atomic mass is 10.0. The minimum absolute atomic E-state index is 0.0102. The quantitative estimate of drug-likeness (QED) is 0.391. The highest BCUT2D eigenvalue weighted by Crippen LogP contribution is 2.22. The van der Waals surface area contributed by atoms with Crippen molar-refractivity contribution in [2.75, 3.05) is 5.75 Å². The summed E-state index contributed by atoms with van der Waals surface area (Å²) in [6.07, 6.45) is 0.464. The van der Waals surface area contributed by atoms with E-state index in [2.05, 4.69) is 5.32 Å². The van der Waals surface area contributed by atoms with E-state index < -0.39 is 6.04 Å². The molecule has 4 nitrogen and oxygen atoms in total. The molecule has 3 aromatic carbocycles. The number of carbonyl (C=O) groups is 2. The Hall–Kier alpha value is -3.05. The van der Waals surface area contributed by atoms with E-state index in [4.69, 9.17) is 0 Å². The van der Waals surface area contributed by atoms with Crippen LogP contribution in [0.15, 0.2) is 83.8 Å². The van der Waals surface area contributed by atoms with Gasteiger partial charge in [0.05, 0.1) is 5.75 Å². The van der Waals surface area contributed by atoms with Crippen LogP contribution in [-0.2, 0) is 22.6 Å². The number of amides is 2. The Balaban J connectivity index is 1.89. The van der Waals surface area contributed by atoms with Crippen LogP contribution in [0.25, 0.3) is 0 Å². The molecule has 1 unspecified atom stereocenters. The zero-order valence-corrected chi connectivity index (χ0v) is 21.3. The Bertz CT molecular complexity index is 1060. The first-order valence-corrected chi connectivity index (χ1v) is 12.7. The van der Waals surface area contributed by atoms with E-state index in [0.717, 1.165) is 21.6 Å². The van der Waals surface area contributed by atoms with E-state index >= 15 is 0 Å². The number of hydrogen-bond acceptors (Lipinski definition) is 3. The summed E-state index contributed by atoms with van der Waals surface area (Å²) in [6.45, 7) is 8.36. The zero-order valence-electron chi connectivity index (χ0n) is 20.5. The molecule has 0 bridgehead atoms. The van der Waals surface area contributed by atoms with Crippen molar-refractivity contribution >= 4 is 23.6 Å². The van der Waals surface area contributed by atoms with Crippen molar-refractivity contribution in [3.05, 3.63) is 101 Å². The smallest absolute Gasteiger partial charge is 0.243 e. The Morgan fingerprint density at radius 3 is 2.00 bits per heavy atom. The van der Waals surface area contributed by atoms with Crippen LogP contribution >= 0.6 is 11.8 Å². The van der Waals surface area contributed by atoms with Gasteiger partial charge < -0.3 is 10.2 Å². The van der Waals surface area contributed by atoms with Gasteiger partial charge in [-0.05, 0) is 51.0 Å². The number of rotatable bonds is 10. The zero-order chi connectivity index (χ0) is 24.5. The van der Waals surface area contributed by atoms with Crippen LogP contribution < -0.4 is 5.32 Å². The number of aryl methyl sites for hydroxylation is 2. The van der Waals surface area contributed by atoms with Crippen LogP contribution in [-0.4, -0.2) is 34.6 Å². The Labute approximate surface area is 207 Å². The number of thioether (sulfide) groups is 1. The van der Waals surface area contributed by atoms with Crippen LogP contribution in [0.2, 0.25) is 0 Å². The molecule has 0 spiro atoms. The minimum Gasteiger partial charge on any atom is -0.352 e. The van der Waals surface area contributed by atoms with Crippen molar-refractivity contribution < 1.29 is 9.59 Å². The van der Waals surface area contributed by atoms with Gasteiger partial charge in [0.25, 0.3) is 0 Å². The van der Waals surface area contributed by atoms with Gasteiger partial charge in [-0.1, -0.05) is 77.9 Å². The number of benzene rings is 3. The van der Waals surface area contributed by atoms with E-state index in [9.17, 15) is 9.59 Å². The lowest BCUT2D eigenvalue weighted by molar-refractivity contribution is -0.139. The van der Waals surface area contributed by atoms with Gasteiger partial charge in [0.15, 0.2) is 0 Å². The topological polar surface area (TPSA) is 49.4 Å². The molecular weight excluding hydrogens is 440 g/mol. The molecule has 2 amide bonds. The van der Waals surface area contributed by atoms with Gasteiger partial charge in [-0.2, -0.15) is 0 Å². The number of hydrogen-bond donors (Lipinski definition) is 1. The van der Waals surface area contributed by atoms with E-state index in [1.54, 1.807) is 4.90 Å². The van der Waals surface area contributed by atoms with Crippen LogP contribution in [0, 0.1) is 13.8 Å². The molecule has 1 N–H and O–H groups in total. The summed E-state index contributed by atoms with van der Waals surface area (Å²) in [5, 5.41) is 3.03. The second-order valence-corrected chi connectivity index (χ2v) is 10.0. The predicted molar refractivity (Wildman–Crippen MR) is 141 cm³/mol. The third-order valence-corrected chi connectivity index (χ3v) is 6.56. The molecule has 1 atom stereocenters. The molecule has 0 aliphatic carbocycles. The number of carbonyl (C=O) groups excluding carboxylic acids is 2. The summed E-state index contributed by atoms with van der Waals surface area (Å²) < 4.78 is 0. The highest BCUT2D eigenvalue weighted by molar-refractivity contribution is 8.00. The molecule has 0 saturated carbocycles. The van der Waals surface area contributed by atoms with Crippen LogP contribution in [0.1, 0.15) is 36.1 Å². The normalized spacial score (nSPS) is 11.8.